The van der Waals surface area contributed by atoms with Crippen LogP contribution in [-0.2, 0) is 4.79 Å². The van der Waals surface area contributed by atoms with Gasteiger partial charge in [0.15, 0.2) is 0 Å². The first-order chi connectivity index (χ1) is 8.08. The minimum atomic E-state index is -0.497. The predicted octanol–water partition coefficient (Wildman–Crippen LogP) is 2.32. The number of rotatable bonds is 6. The fourth-order valence-corrected chi connectivity index (χ4v) is 2.12. The van der Waals surface area contributed by atoms with Crippen molar-refractivity contribution >= 4 is 29.3 Å². The third-order valence-corrected chi connectivity index (χ3v) is 3.27. The summed E-state index contributed by atoms with van der Waals surface area (Å²) in [6.07, 6.45) is -0.0529. The van der Waals surface area contributed by atoms with Crippen LogP contribution in [0.2, 0.25) is 5.02 Å². The lowest BCUT2D eigenvalue weighted by Gasteiger charge is -2.06. The lowest BCUT2D eigenvalue weighted by molar-refractivity contribution is -0.121. The highest BCUT2D eigenvalue weighted by molar-refractivity contribution is 7.99. The molecular formula is C12H16ClNO2S. The molecule has 0 saturated carbocycles. The van der Waals surface area contributed by atoms with Crippen LogP contribution in [0.15, 0.2) is 29.2 Å². The van der Waals surface area contributed by atoms with Crippen molar-refractivity contribution in [3.05, 3.63) is 29.3 Å². The maximum atomic E-state index is 11.3. The average molecular weight is 274 g/mol. The van der Waals surface area contributed by atoms with Gasteiger partial charge in [0.25, 0.3) is 0 Å². The molecule has 0 unspecified atom stereocenters. The second-order valence-electron chi connectivity index (χ2n) is 3.71. The zero-order valence-corrected chi connectivity index (χ0v) is 11.2. The first-order valence-electron chi connectivity index (χ1n) is 5.41. The monoisotopic (exact) mass is 273 g/mol. The number of thioether (sulfide) groups is 1. The number of nitrogens with one attached hydrogen (secondary N) is 1. The maximum absolute atomic E-state index is 11.3. The van der Waals surface area contributed by atoms with Gasteiger partial charge in [-0.3, -0.25) is 4.79 Å². The molecule has 1 aromatic carbocycles. The van der Waals surface area contributed by atoms with Crippen LogP contribution in [-0.4, -0.2) is 29.4 Å². The predicted molar refractivity (Wildman–Crippen MR) is 71.5 cm³/mol. The molecule has 17 heavy (non-hydrogen) atoms. The van der Waals surface area contributed by atoms with E-state index in [1.54, 1.807) is 18.7 Å². The van der Waals surface area contributed by atoms with Gasteiger partial charge in [-0.2, -0.15) is 0 Å². The molecule has 1 amide bonds. The van der Waals surface area contributed by atoms with Crippen molar-refractivity contribution < 1.29 is 9.90 Å². The van der Waals surface area contributed by atoms with Crippen molar-refractivity contribution in [3.63, 3.8) is 0 Å². The van der Waals surface area contributed by atoms with Crippen molar-refractivity contribution in [2.45, 2.75) is 24.3 Å². The van der Waals surface area contributed by atoms with Gasteiger partial charge in [0.1, 0.15) is 0 Å². The second kappa shape index (κ2) is 7.58. The highest BCUT2D eigenvalue weighted by atomic mass is 35.5. The van der Waals surface area contributed by atoms with Gasteiger partial charge in [0.05, 0.1) is 6.10 Å². The van der Waals surface area contributed by atoms with Crippen LogP contribution in [0.4, 0.5) is 0 Å². The molecule has 1 atom stereocenters. The zero-order chi connectivity index (χ0) is 12.7. The fourth-order valence-electron chi connectivity index (χ4n) is 1.14. The standard InChI is InChI=1S/C12H16ClNO2S/c1-9(15)8-14-12(16)6-7-17-11-4-2-10(13)3-5-11/h2-5,9,15H,6-8H2,1H3,(H,14,16)/t9-/m0/s1. The van der Waals surface area contributed by atoms with E-state index in [0.29, 0.717) is 23.7 Å². The molecule has 0 saturated heterocycles. The van der Waals surface area contributed by atoms with E-state index in [0.717, 1.165) is 4.90 Å². The van der Waals surface area contributed by atoms with Crippen molar-refractivity contribution in [1.82, 2.24) is 5.32 Å². The molecule has 1 rings (SSSR count). The largest absolute Gasteiger partial charge is 0.392 e. The van der Waals surface area contributed by atoms with Gasteiger partial charge in [-0.05, 0) is 31.2 Å². The first-order valence-corrected chi connectivity index (χ1v) is 6.77. The Morgan fingerprint density at radius 1 is 1.47 bits per heavy atom. The van der Waals surface area contributed by atoms with Crippen molar-refractivity contribution in [1.29, 1.82) is 0 Å². The minimum Gasteiger partial charge on any atom is -0.392 e. The van der Waals surface area contributed by atoms with E-state index in [1.165, 1.54) is 0 Å². The van der Waals surface area contributed by atoms with Crippen LogP contribution in [0.5, 0.6) is 0 Å². The van der Waals surface area contributed by atoms with E-state index < -0.39 is 6.10 Å². The zero-order valence-electron chi connectivity index (χ0n) is 9.65. The van der Waals surface area contributed by atoms with Crippen LogP contribution in [0.25, 0.3) is 0 Å². The molecule has 0 fully saturated rings. The third-order valence-electron chi connectivity index (χ3n) is 2.01. The summed E-state index contributed by atoms with van der Waals surface area (Å²) in [6, 6.07) is 7.52. The summed E-state index contributed by atoms with van der Waals surface area (Å²) >= 11 is 7.38. The van der Waals surface area contributed by atoms with Gasteiger partial charge in [-0.25, -0.2) is 0 Å². The minimum absolute atomic E-state index is 0.0348. The van der Waals surface area contributed by atoms with E-state index in [1.807, 2.05) is 24.3 Å². The highest BCUT2D eigenvalue weighted by Gasteiger charge is 2.03. The number of aliphatic hydroxyl groups is 1. The van der Waals surface area contributed by atoms with Crippen LogP contribution in [0, 0.1) is 0 Å². The highest BCUT2D eigenvalue weighted by Crippen LogP contribution is 2.20. The number of carbonyl (C=O) groups is 1. The molecule has 0 aromatic heterocycles. The van der Waals surface area contributed by atoms with E-state index in [2.05, 4.69) is 5.32 Å². The Bertz CT molecular complexity index is 354. The number of hydrogen-bond acceptors (Lipinski definition) is 3. The van der Waals surface area contributed by atoms with Crippen molar-refractivity contribution in [3.8, 4) is 0 Å². The molecule has 2 N–H and O–H groups in total. The van der Waals surface area contributed by atoms with E-state index in [9.17, 15) is 4.79 Å². The number of amides is 1. The second-order valence-corrected chi connectivity index (χ2v) is 5.31. The maximum Gasteiger partial charge on any atom is 0.220 e. The summed E-state index contributed by atoms with van der Waals surface area (Å²) in [5, 5.41) is 12.4. The molecular weight excluding hydrogens is 258 g/mol. The summed E-state index contributed by atoms with van der Waals surface area (Å²) < 4.78 is 0. The molecule has 0 aliphatic rings. The molecule has 3 nitrogen and oxygen atoms in total. The van der Waals surface area contributed by atoms with Crippen LogP contribution in [0.1, 0.15) is 13.3 Å². The average Bonchev–Trinajstić information content (AvgIpc) is 2.29. The summed E-state index contributed by atoms with van der Waals surface area (Å²) in [6.45, 7) is 1.95. The molecule has 0 aliphatic carbocycles. The van der Waals surface area contributed by atoms with Gasteiger partial charge in [-0.15, -0.1) is 11.8 Å². The van der Waals surface area contributed by atoms with Crippen molar-refractivity contribution in [2.24, 2.45) is 0 Å². The number of hydrogen-bond donors (Lipinski definition) is 2. The van der Waals surface area contributed by atoms with Crippen molar-refractivity contribution in [2.75, 3.05) is 12.3 Å². The number of carbonyl (C=O) groups excluding carboxylic acids is 1. The molecule has 1 aromatic rings. The number of benzene rings is 1. The van der Waals surface area contributed by atoms with Gasteiger partial charge >= 0.3 is 0 Å². The van der Waals surface area contributed by atoms with Crippen LogP contribution in [0.3, 0.4) is 0 Å². The topological polar surface area (TPSA) is 49.3 Å². The van der Waals surface area contributed by atoms with Gasteiger partial charge in [0.2, 0.25) is 5.91 Å². The fraction of sp³-hybridized carbons (Fsp3) is 0.417. The smallest absolute Gasteiger partial charge is 0.220 e. The van der Waals surface area contributed by atoms with Crippen LogP contribution < -0.4 is 5.32 Å². The Morgan fingerprint density at radius 3 is 2.71 bits per heavy atom. The van der Waals surface area contributed by atoms with Gasteiger partial charge in [-0.1, -0.05) is 11.6 Å². The summed E-state index contributed by atoms with van der Waals surface area (Å²) in [7, 11) is 0. The molecule has 5 heteroatoms. The Hall–Kier alpha value is -0.710. The lowest BCUT2D eigenvalue weighted by Crippen LogP contribution is -2.30. The van der Waals surface area contributed by atoms with E-state index in [-0.39, 0.29) is 5.91 Å². The lowest BCUT2D eigenvalue weighted by atomic mass is 10.4. The first kappa shape index (κ1) is 14.4. The quantitative estimate of drug-likeness (QED) is 0.782. The van der Waals surface area contributed by atoms with E-state index >= 15 is 0 Å². The normalized spacial score (nSPS) is 12.2. The molecule has 0 radical (unpaired) electrons. The Morgan fingerprint density at radius 2 is 2.12 bits per heavy atom. The van der Waals surface area contributed by atoms with Gasteiger partial charge in [0, 0.05) is 28.6 Å². The summed E-state index contributed by atoms with van der Waals surface area (Å²) in [5.74, 6) is 0.681. The Labute approximate surface area is 111 Å². The number of aliphatic hydroxyl groups excluding tert-OH is 1. The molecule has 0 bridgehead atoms. The summed E-state index contributed by atoms with van der Waals surface area (Å²) in [4.78, 5) is 12.4. The Kier molecular flexibility index (Phi) is 6.40. The number of halogens is 1. The SMILES string of the molecule is C[C@H](O)CNC(=O)CCSc1ccc(Cl)cc1. The molecule has 0 aliphatic heterocycles. The third kappa shape index (κ3) is 6.56. The molecule has 0 spiro atoms. The molecule has 94 valence electrons. The van der Waals surface area contributed by atoms with E-state index in [4.69, 9.17) is 16.7 Å². The van der Waals surface area contributed by atoms with Crippen LogP contribution >= 0.6 is 23.4 Å². The summed E-state index contributed by atoms with van der Waals surface area (Å²) in [5.41, 5.74) is 0. The Balaban J connectivity index is 2.19. The van der Waals surface area contributed by atoms with Gasteiger partial charge < -0.3 is 10.4 Å². The molecule has 0 heterocycles.